The van der Waals surface area contributed by atoms with Crippen LogP contribution in [-0.4, -0.2) is 52.2 Å². The van der Waals surface area contributed by atoms with E-state index in [-0.39, 0.29) is 12.7 Å². The van der Waals surface area contributed by atoms with Gasteiger partial charge in [0.15, 0.2) is 0 Å². The van der Waals surface area contributed by atoms with Crippen LogP contribution in [0.1, 0.15) is 5.56 Å². The first-order valence-corrected chi connectivity index (χ1v) is 6.95. The van der Waals surface area contributed by atoms with Gasteiger partial charge in [-0.1, -0.05) is 30.3 Å². The Bertz CT molecular complexity index is 387. The zero-order valence-corrected chi connectivity index (χ0v) is 12.4. The lowest BCUT2D eigenvalue weighted by Gasteiger charge is -2.12. The fraction of sp³-hybridized carbons (Fsp3) is 0.533. The monoisotopic (exact) mass is 296 g/mol. The van der Waals surface area contributed by atoms with Gasteiger partial charge in [-0.25, -0.2) is 0 Å². The molecule has 1 aromatic carbocycles. The molecule has 0 spiro atoms. The van der Waals surface area contributed by atoms with Crippen LogP contribution in [0.25, 0.3) is 0 Å². The number of carbonyl (C=O) groups excluding carboxylic acids is 1. The molecule has 1 atom stereocenters. The second-order valence-electron chi connectivity index (χ2n) is 4.51. The van der Waals surface area contributed by atoms with Crippen molar-refractivity contribution >= 4 is 5.91 Å². The molecule has 1 amide bonds. The van der Waals surface area contributed by atoms with Crippen LogP contribution in [0, 0.1) is 0 Å². The van der Waals surface area contributed by atoms with E-state index in [9.17, 15) is 4.79 Å². The summed E-state index contributed by atoms with van der Waals surface area (Å²) in [5.74, 6) is -0.178. The quantitative estimate of drug-likeness (QED) is 0.453. The van der Waals surface area contributed by atoms with Gasteiger partial charge >= 0.3 is 0 Å². The maximum Gasteiger partial charge on any atom is 0.237 e. The van der Waals surface area contributed by atoms with Crippen molar-refractivity contribution in [2.75, 3.05) is 40.3 Å². The van der Waals surface area contributed by atoms with E-state index < -0.39 is 6.04 Å². The van der Waals surface area contributed by atoms with Gasteiger partial charge in [-0.15, -0.1) is 0 Å². The SMILES string of the molecule is COCCOCOCCNC(=O)[C@@H](N)Cc1ccccc1. The Morgan fingerprint density at radius 2 is 1.90 bits per heavy atom. The van der Waals surface area contributed by atoms with E-state index in [1.54, 1.807) is 7.11 Å². The number of nitrogens with one attached hydrogen (secondary N) is 1. The first-order valence-electron chi connectivity index (χ1n) is 6.95. The van der Waals surface area contributed by atoms with E-state index in [2.05, 4.69) is 5.32 Å². The number of benzene rings is 1. The molecular formula is C15H24N2O4. The van der Waals surface area contributed by atoms with E-state index in [4.69, 9.17) is 19.9 Å². The Morgan fingerprint density at radius 1 is 1.19 bits per heavy atom. The van der Waals surface area contributed by atoms with Gasteiger partial charge in [0.05, 0.1) is 25.9 Å². The fourth-order valence-corrected chi connectivity index (χ4v) is 1.66. The van der Waals surface area contributed by atoms with E-state index >= 15 is 0 Å². The Morgan fingerprint density at radius 3 is 2.62 bits per heavy atom. The maximum atomic E-state index is 11.8. The van der Waals surface area contributed by atoms with E-state index in [1.807, 2.05) is 30.3 Å². The van der Waals surface area contributed by atoms with E-state index in [0.29, 0.717) is 32.8 Å². The van der Waals surface area contributed by atoms with Crippen molar-refractivity contribution in [3.8, 4) is 0 Å². The van der Waals surface area contributed by atoms with Gasteiger partial charge in [-0.05, 0) is 12.0 Å². The lowest BCUT2D eigenvalue weighted by molar-refractivity contribution is -0.123. The van der Waals surface area contributed by atoms with Crippen molar-refractivity contribution < 1.29 is 19.0 Å². The molecule has 118 valence electrons. The van der Waals surface area contributed by atoms with Gasteiger partial charge in [-0.2, -0.15) is 0 Å². The summed E-state index contributed by atoms with van der Waals surface area (Å²) >= 11 is 0. The number of rotatable bonds is 11. The number of carbonyl (C=O) groups is 1. The first-order chi connectivity index (χ1) is 10.2. The average molecular weight is 296 g/mol. The van der Waals surface area contributed by atoms with Gasteiger partial charge in [-0.3, -0.25) is 4.79 Å². The molecule has 0 aliphatic carbocycles. The lowest BCUT2D eigenvalue weighted by atomic mass is 10.1. The predicted molar refractivity (Wildman–Crippen MR) is 79.8 cm³/mol. The summed E-state index contributed by atoms with van der Waals surface area (Å²) in [5.41, 5.74) is 6.90. The topological polar surface area (TPSA) is 82.8 Å². The molecule has 0 heterocycles. The largest absolute Gasteiger partial charge is 0.382 e. The highest BCUT2D eigenvalue weighted by atomic mass is 16.7. The minimum absolute atomic E-state index is 0.178. The molecule has 0 saturated carbocycles. The maximum absolute atomic E-state index is 11.8. The van der Waals surface area contributed by atoms with Gasteiger partial charge in [0.25, 0.3) is 0 Å². The van der Waals surface area contributed by atoms with E-state index in [1.165, 1.54) is 0 Å². The molecule has 6 heteroatoms. The van der Waals surface area contributed by atoms with Crippen LogP contribution >= 0.6 is 0 Å². The summed E-state index contributed by atoms with van der Waals surface area (Å²) in [7, 11) is 1.61. The summed E-state index contributed by atoms with van der Waals surface area (Å²) < 4.78 is 15.1. The van der Waals surface area contributed by atoms with Gasteiger partial charge in [0.2, 0.25) is 5.91 Å². The minimum Gasteiger partial charge on any atom is -0.382 e. The molecule has 0 fully saturated rings. The average Bonchev–Trinajstić information content (AvgIpc) is 2.50. The van der Waals surface area contributed by atoms with Crippen LogP contribution < -0.4 is 11.1 Å². The molecule has 1 aromatic rings. The molecule has 0 bridgehead atoms. The number of methoxy groups -OCH3 is 1. The Balaban J connectivity index is 2.05. The van der Waals surface area contributed by atoms with Crippen molar-refractivity contribution in [3.63, 3.8) is 0 Å². The third kappa shape index (κ3) is 8.41. The van der Waals surface area contributed by atoms with Crippen LogP contribution in [-0.2, 0) is 25.4 Å². The molecule has 21 heavy (non-hydrogen) atoms. The molecule has 0 unspecified atom stereocenters. The minimum atomic E-state index is -0.551. The van der Waals surface area contributed by atoms with Crippen molar-refractivity contribution in [1.29, 1.82) is 0 Å². The predicted octanol–water partition coefficient (Wildman–Crippen LogP) is 0.310. The highest BCUT2D eigenvalue weighted by Gasteiger charge is 2.13. The number of ether oxygens (including phenoxy) is 3. The zero-order chi connectivity index (χ0) is 15.3. The van der Waals surface area contributed by atoms with Crippen LogP contribution in [0.3, 0.4) is 0 Å². The summed E-state index contributed by atoms with van der Waals surface area (Å²) in [6.45, 7) is 2.01. The third-order valence-electron chi connectivity index (χ3n) is 2.78. The number of nitrogens with two attached hydrogens (primary N) is 1. The normalized spacial score (nSPS) is 12.1. The third-order valence-corrected chi connectivity index (χ3v) is 2.78. The van der Waals surface area contributed by atoms with Gasteiger partial charge < -0.3 is 25.3 Å². The van der Waals surface area contributed by atoms with E-state index in [0.717, 1.165) is 5.56 Å². The second kappa shape index (κ2) is 11.2. The summed E-state index contributed by atoms with van der Waals surface area (Å²) in [4.78, 5) is 11.8. The molecular weight excluding hydrogens is 272 g/mol. The van der Waals surface area contributed by atoms with Gasteiger partial charge in [0, 0.05) is 13.7 Å². The number of amides is 1. The highest BCUT2D eigenvalue weighted by Crippen LogP contribution is 2.01. The number of hydrogen-bond acceptors (Lipinski definition) is 5. The van der Waals surface area contributed by atoms with Crippen molar-refractivity contribution in [2.24, 2.45) is 5.73 Å². The Hall–Kier alpha value is -1.47. The molecule has 0 saturated heterocycles. The van der Waals surface area contributed by atoms with Crippen LogP contribution in [0.4, 0.5) is 0 Å². The fourth-order valence-electron chi connectivity index (χ4n) is 1.66. The molecule has 0 aromatic heterocycles. The zero-order valence-electron chi connectivity index (χ0n) is 12.4. The van der Waals surface area contributed by atoms with Crippen molar-refractivity contribution in [2.45, 2.75) is 12.5 Å². The molecule has 0 aliphatic rings. The summed E-state index contributed by atoms with van der Waals surface area (Å²) in [6.07, 6.45) is 0.521. The smallest absolute Gasteiger partial charge is 0.237 e. The lowest BCUT2D eigenvalue weighted by Crippen LogP contribution is -2.43. The van der Waals surface area contributed by atoms with Crippen molar-refractivity contribution in [1.82, 2.24) is 5.32 Å². The Labute approximate surface area is 125 Å². The molecule has 0 aliphatic heterocycles. The molecule has 3 N–H and O–H groups in total. The second-order valence-corrected chi connectivity index (χ2v) is 4.51. The van der Waals surface area contributed by atoms with Gasteiger partial charge in [0.1, 0.15) is 6.79 Å². The van der Waals surface area contributed by atoms with Crippen LogP contribution in [0.5, 0.6) is 0 Å². The number of hydrogen-bond donors (Lipinski definition) is 2. The Kier molecular flexibility index (Phi) is 9.39. The molecule has 0 radical (unpaired) electrons. The summed E-state index contributed by atoms with van der Waals surface area (Å²) in [6, 6.07) is 9.14. The molecule has 6 nitrogen and oxygen atoms in total. The highest BCUT2D eigenvalue weighted by molar-refractivity contribution is 5.81. The first kappa shape index (κ1) is 17.6. The summed E-state index contributed by atoms with van der Waals surface area (Å²) in [5, 5.41) is 2.74. The van der Waals surface area contributed by atoms with Crippen LogP contribution in [0.15, 0.2) is 30.3 Å². The molecule has 1 rings (SSSR count). The van der Waals surface area contributed by atoms with Crippen molar-refractivity contribution in [3.05, 3.63) is 35.9 Å². The van der Waals surface area contributed by atoms with Crippen LogP contribution in [0.2, 0.25) is 0 Å². The standard InChI is InChI=1S/C15H24N2O4/c1-19-9-10-21-12-20-8-7-17-15(18)14(16)11-13-5-3-2-4-6-13/h2-6,14H,7-12,16H2,1H3,(H,17,18)/t14-/m0/s1.